The lowest BCUT2D eigenvalue weighted by Gasteiger charge is -2.31. The average molecular weight is 434 g/mol. The van der Waals surface area contributed by atoms with Gasteiger partial charge in [0.2, 0.25) is 10.0 Å². The van der Waals surface area contributed by atoms with Crippen LogP contribution < -0.4 is 0 Å². The predicted molar refractivity (Wildman–Crippen MR) is 113 cm³/mol. The van der Waals surface area contributed by atoms with Crippen LogP contribution in [0.1, 0.15) is 43.4 Å². The maximum absolute atomic E-state index is 13.6. The number of aryl methyl sites for hydroxylation is 1. The first-order chi connectivity index (χ1) is 13.8. The number of unbranched alkanes of at least 4 members (excludes halogenated alkanes) is 1. The van der Waals surface area contributed by atoms with Gasteiger partial charge in [-0.25, -0.2) is 13.2 Å². The van der Waals surface area contributed by atoms with E-state index >= 15 is 0 Å². The average Bonchev–Trinajstić information content (AvgIpc) is 3.08. The molecule has 0 unspecified atom stereocenters. The van der Waals surface area contributed by atoms with Crippen LogP contribution in [-0.2, 0) is 14.8 Å². The van der Waals surface area contributed by atoms with Crippen molar-refractivity contribution in [3.05, 3.63) is 76.3 Å². The molecule has 29 heavy (non-hydrogen) atoms. The highest BCUT2D eigenvalue weighted by Crippen LogP contribution is 2.42. The summed E-state index contributed by atoms with van der Waals surface area (Å²) in [5.41, 5.74) is 1.60. The molecule has 0 saturated heterocycles. The highest BCUT2D eigenvalue weighted by Gasteiger charge is 2.45. The number of carboxylic acid groups (broad SMARTS) is 1. The number of nitrogens with zero attached hydrogens (tertiary/aromatic N) is 1. The Bertz CT molecular complexity index is 1010. The first-order valence-electron chi connectivity index (χ1n) is 9.56. The Morgan fingerprint density at radius 1 is 1.10 bits per heavy atom. The topological polar surface area (TPSA) is 74.7 Å². The van der Waals surface area contributed by atoms with Gasteiger partial charge in [-0.05, 0) is 43.2 Å². The van der Waals surface area contributed by atoms with Crippen molar-refractivity contribution in [1.82, 2.24) is 4.31 Å². The van der Waals surface area contributed by atoms with Crippen LogP contribution in [0.5, 0.6) is 0 Å². The molecule has 1 heterocycles. The number of halogens is 1. The van der Waals surface area contributed by atoms with Gasteiger partial charge >= 0.3 is 5.97 Å². The summed E-state index contributed by atoms with van der Waals surface area (Å²) in [6, 6.07) is 11.9. The van der Waals surface area contributed by atoms with E-state index in [9.17, 15) is 18.3 Å². The molecule has 0 fully saturated rings. The predicted octanol–water partition coefficient (Wildman–Crippen LogP) is 4.96. The number of sulfonamides is 1. The first-order valence-corrected chi connectivity index (χ1v) is 11.4. The second kappa shape index (κ2) is 8.69. The molecule has 1 aliphatic heterocycles. The molecule has 1 N–H and O–H groups in total. The second-order valence-electron chi connectivity index (χ2n) is 7.24. The molecule has 0 bridgehead atoms. The van der Waals surface area contributed by atoms with Gasteiger partial charge in [-0.1, -0.05) is 67.3 Å². The van der Waals surface area contributed by atoms with Gasteiger partial charge in [0.05, 0.1) is 16.5 Å². The highest BCUT2D eigenvalue weighted by molar-refractivity contribution is 7.89. The van der Waals surface area contributed by atoms with Gasteiger partial charge in [-0.15, -0.1) is 0 Å². The molecule has 2 aromatic rings. The Kier molecular flexibility index (Phi) is 6.46. The minimum Gasteiger partial charge on any atom is -0.478 e. The van der Waals surface area contributed by atoms with Crippen molar-refractivity contribution in [2.24, 2.45) is 0 Å². The van der Waals surface area contributed by atoms with Crippen LogP contribution in [0.15, 0.2) is 65.1 Å². The highest BCUT2D eigenvalue weighted by atomic mass is 35.5. The molecule has 3 rings (SSSR count). The zero-order valence-electron chi connectivity index (χ0n) is 16.4. The van der Waals surface area contributed by atoms with Gasteiger partial charge < -0.3 is 5.11 Å². The van der Waals surface area contributed by atoms with Crippen molar-refractivity contribution in [2.75, 3.05) is 0 Å². The third-order valence-corrected chi connectivity index (χ3v) is 7.29. The Morgan fingerprint density at radius 2 is 1.72 bits per heavy atom. The summed E-state index contributed by atoms with van der Waals surface area (Å²) < 4.78 is 28.6. The maximum Gasteiger partial charge on any atom is 0.333 e. The SMILES string of the molecule is CCCC[C@@H]1C=C(C(=O)O)[C@H](c2ccc(Cl)cc2)N1S(=O)(=O)c1ccc(C)cc1. The van der Waals surface area contributed by atoms with E-state index in [-0.39, 0.29) is 10.5 Å². The fourth-order valence-electron chi connectivity index (χ4n) is 3.63. The fourth-order valence-corrected chi connectivity index (χ4v) is 5.52. The molecule has 0 spiro atoms. The van der Waals surface area contributed by atoms with Crippen LogP contribution in [0.25, 0.3) is 0 Å². The summed E-state index contributed by atoms with van der Waals surface area (Å²) in [6.07, 6.45) is 3.82. The normalized spacial score (nSPS) is 19.9. The number of carboxylic acids is 1. The van der Waals surface area contributed by atoms with E-state index in [4.69, 9.17) is 11.6 Å². The molecule has 2 aromatic carbocycles. The van der Waals surface area contributed by atoms with Crippen molar-refractivity contribution in [2.45, 2.75) is 50.1 Å². The zero-order valence-corrected chi connectivity index (χ0v) is 17.9. The number of benzene rings is 2. The van der Waals surface area contributed by atoms with Crippen molar-refractivity contribution < 1.29 is 18.3 Å². The van der Waals surface area contributed by atoms with E-state index in [1.807, 2.05) is 13.8 Å². The molecule has 0 aliphatic carbocycles. The minimum absolute atomic E-state index is 0.0733. The smallest absolute Gasteiger partial charge is 0.333 e. The van der Waals surface area contributed by atoms with Gasteiger partial charge in [0, 0.05) is 11.1 Å². The summed E-state index contributed by atoms with van der Waals surface area (Å²) in [5, 5.41) is 10.3. The quantitative estimate of drug-likeness (QED) is 0.669. The minimum atomic E-state index is -3.92. The first kappa shape index (κ1) is 21.6. The van der Waals surface area contributed by atoms with Gasteiger partial charge in [0.25, 0.3) is 0 Å². The number of hydrogen-bond donors (Lipinski definition) is 1. The lowest BCUT2D eigenvalue weighted by atomic mass is 10.0. The maximum atomic E-state index is 13.6. The number of aliphatic carboxylic acids is 1. The summed E-state index contributed by atoms with van der Waals surface area (Å²) in [5.74, 6) is -1.12. The zero-order chi connectivity index (χ0) is 21.2. The fraction of sp³-hybridized carbons (Fsp3) is 0.318. The Hall–Kier alpha value is -2.15. The van der Waals surface area contributed by atoms with Crippen LogP contribution >= 0.6 is 11.6 Å². The van der Waals surface area contributed by atoms with E-state index in [1.54, 1.807) is 54.6 Å². The third-order valence-electron chi connectivity index (χ3n) is 5.13. The van der Waals surface area contributed by atoms with Gasteiger partial charge in [0.15, 0.2) is 0 Å². The third kappa shape index (κ3) is 4.39. The standard InChI is InChI=1S/C22H24ClNO4S/c1-3-4-5-18-14-20(22(25)26)21(16-8-10-17(23)11-9-16)24(18)29(27,28)19-12-6-15(2)7-13-19/h6-14,18,21H,3-5H2,1-2H3,(H,25,26)/t18-,21+/m1/s1. The monoisotopic (exact) mass is 433 g/mol. The summed E-state index contributed by atoms with van der Waals surface area (Å²) in [7, 11) is -3.92. The molecule has 0 amide bonds. The molecular weight excluding hydrogens is 410 g/mol. The summed E-state index contributed by atoms with van der Waals surface area (Å²) in [6.45, 7) is 3.91. The van der Waals surface area contributed by atoms with Crippen molar-refractivity contribution >= 4 is 27.6 Å². The Labute approximate surface area is 176 Å². The lowest BCUT2D eigenvalue weighted by Crippen LogP contribution is -2.39. The molecule has 0 saturated carbocycles. The Morgan fingerprint density at radius 3 is 2.28 bits per heavy atom. The summed E-state index contributed by atoms with van der Waals surface area (Å²) >= 11 is 5.99. The van der Waals surface area contributed by atoms with Crippen molar-refractivity contribution in [1.29, 1.82) is 0 Å². The second-order valence-corrected chi connectivity index (χ2v) is 9.52. The van der Waals surface area contributed by atoms with Gasteiger partial charge in [0.1, 0.15) is 0 Å². The molecule has 154 valence electrons. The van der Waals surface area contributed by atoms with Crippen molar-refractivity contribution in [3.8, 4) is 0 Å². The molecule has 7 heteroatoms. The van der Waals surface area contributed by atoms with Crippen LogP contribution in [-0.4, -0.2) is 29.8 Å². The molecular formula is C22H24ClNO4S. The molecule has 0 radical (unpaired) electrons. The summed E-state index contributed by atoms with van der Waals surface area (Å²) in [4.78, 5) is 12.2. The molecule has 5 nitrogen and oxygen atoms in total. The molecule has 1 aliphatic rings. The van der Waals surface area contributed by atoms with Crippen LogP contribution in [0, 0.1) is 6.92 Å². The van der Waals surface area contributed by atoms with Gasteiger partial charge in [-0.3, -0.25) is 0 Å². The van der Waals surface area contributed by atoms with E-state index in [2.05, 4.69) is 0 Å². The molecule has 2 atom stereocenters. The van der Waals surface area contributed by atoms with E-state index in [0.29, 0.717) is 17.0 Å². The number of rotatable bonds is 7. The van der Waals surface area contributed by atoms with Crippen LogP contribution in [0.3, 0.4) is 0 Å². The van der Waals surface area contributed by atoms with Crippen LogP contribution in [0.4, 0.5) is 0 Å². The largest absolute Gasteiger partial charge is 0.478 e. The van der Waals surface area contributed by atoms with E-state index < -0.39 is 28.1 Å². The Balaban J connectivity index is 2.15. The lowest BCUT2D eigenvalue weighted by molar-refractivity contribution is -0.133. The van der Waals surface area contributed by atoms with Gasteiger partial charge in [-0.2, -0.15) is 4.31 Å². The van der Waals surface area contributed by atoms with E-state index in [0.717, 1.165) is 18.4 Å². The number of carbonyl (C=O) groups is 1. The number of hydrogen-bond acceptors (Lipinski definition) is 3. The van der Waals surface area contributed by atoms with Crippen LogP contribution in [0.2, 0.25) is 5.02 Å². The van der Waals surface area contributed by atoms with Crippen molar-refractivity contribution in [3.63, 3.8) is 0 Å². The van der Waals surface area contributed by atoms with E-state index in [1.165, 1.54) is 4.31 Å². The molecule has 0 aromatic heterocycles.